The zero-order valence-corrected chi connectivity index (χ0v) is 14.2. The van der Waals surface area contributed by atoms with E-state index in [2.05, 4.69) is 10.6 Å². The molecule has 1 aliphatic heterocycles. The molecule has 1 spiro atoms. The van der Waals surface area contributed by atoms with Crippen LogP contribution in [0.5, 0.6) is 11.5 Å². The Balaban J connectivity index is 1.38. The van der Waals surface area contributed by atoms with Gasteiger partial charge < -0.3 is 20.1 Å². The molecule has 2 N–H and O–H groups in total. The summed E-state index contributed by atoms with van der Waals surface area (Å²) in [5.41, 5.74) is 0.954. The van der Waals surface area contributed by atoms with Crippen LogP contribution in [-0.4, -0.2) is 16.9 Å². The third kappa shape index (κ3) is 3.25. The number of rotatable bonds is 2. The quantitative estimate of drug-likeness (QED) is 0.788. The Morgan fingerprint density at radius 1 is 1.00 bits per heavy atom. The van der Waals surface area contributed by atoms with Crippen LogP contribution in [0.4, 0.5) is 5.69 Å². The van der Waals surface area contributed by atoms with E-state index < -0.39 is 5.79 Å². The predicted octanol–water partition coefficient (Wildman–Crippen LogP) is 4.35. The van der Waals surface area contributed by atoms with E-state index in [4.69, 9.17) is 21.7 Å². The summed E-state index contributed by atoms with van der Waals surface area (Å²) in [4.78, 5) is 0. The Morgan fingerprint density at radius 3 is 2.52 bits per heavy atom. The van der Waals surface area contributed by atoms with E-state index in [1.54, 1.807) is 0 Å². The molecule has 4 rings (SSSR count). The van der Waals surface area contributed by atoms with Gasteiger partial charge in [0.1, 0.15) is 0 Å². The number of benzene rings is 1. The second-order valence-corrected chi connectivity index (χ2v) is 7.33. The lowest BCUT2D eigenvalue weighted by molar-refractivity contribution is -0.0716. The van der Waals surface area contributed by atoms with Gasteiger partial charge in [0.15, 0.2) is 16.6 Å². The number of ether oxygens (including phenoxy) is 2. The minimum absolute atomic E-state index is 0.401. The fourth-order valence-electron chi connectivity index (χ4n) is 3.89. The van der Waals surface area contributed by atoms with Crippen LogP contribution >= 0.6 is 12.2 Å². The molecule has 23 heavy (non-hydrogen) atoms. The number of hydrogen-bond donors (Lipinski definition) is 2. The predicted molar refractivity (Wildman–Crippen MR) is 95.1 cm³/mol. The van der Waals surface area contributed by atoms with Crippen LogP contribution in [0.15, 0.2) is 18.2 Å². The highest BCUT2D eigenvalue weighted by Crippen LogP contribution is 2.47. The molecule has 0 aromatic heterocycles. The van der Waals surface area contributed by atoms with E-state index in [0.29, 0.717) is 11.2 Å². The van der Waals surface area contributed by atoms with Crippen molar-refractivity contribution in [2.45, 2.75) is 69.6 Å². The summed E-state index contributed by atoms with van der Waals surface area (Å²) in [5.74, 6) is 1.28. The van der Waals surface area contributed by atoms with Crippen molar-refractivity contribution in [2.75, 3.05) is 5.32 Å². The van der Waals surface area contributed by atoms with Crippen LogP contribution in [-0.2, 0) is 0 Å². The highest BCUT2D eigenvalue weighted by Gasteiger charge is 2.44. The molecule has 2 saturated carbocycles. The maximum Gasteiger partial charge on any atom is 0.251 e. The standard InChI is InChI=1S/C18H24N2O2S/c23-17(19-13-6-2-1-3-7-13)20-14-8-9-15-16(12-14)22-18(21-15)10-4-5-11-18/h8-9,12-13H,1-7,10-11H2,(H2,19,20,23). The van der Waals surface area contributed by atoms with Gasteiger partial charge in [0.05, 0.1) is 0 Å². The Hall–Kier alpha value is -1.49. The largest absolute Gasteiger partial charge is 0.448 e. The van der Waals surface area contributed by atoms with E-state index >= 15 is 0 Å². The maximum atomic E-state index is 6.10. The normalized spacial score (nSPS) is 22.3. The Morgan fingerprint density at radius 2 is 1.74 bits per heavy atom. The summed E-state index contributed by atoms with van der Waals surface area (Å²) in [6.07, 6.45) is 10.7. The first-order valence-corrected chi connectivity index (χ1v) is 9.23. The van der Waals surface area contributed by atoms with Crippen LogP contribution < -0.4 is 20.1 Å². The van der Waals surface area contributed by atoms with Crippen molar-refractivity contribution in [1.29, 1.82) is 0 Å². The van der Waals surface area contributed by atoms with Crippen LogP contribution in [0.3, 0.4) is 0 Å². The fourth-order valence-corrected chi connectivity index (χ4v) is 4.17. The zero-order valence-electron chi connectivity index (χ0n) is 13.4. The lowest BCUT2D eigenvalue weighted by Crippen LogP contribution is -2.38. The molecule has 5 heteroatoms. The summed E-state index contributed by atoms with van der Waals surface area (Å²) in [6, 6.07) is 6.50. The molecule has 1 aromatic carbocycles. The molecule has 3 aliphatic rings. The maximum absolute atomic E-state index is 6.10. The van der Waals surface area contributed by atoms with E-state index in [-0.39, 0.29) is 0 Å². The van der Waals surface area contributed by atoms with E-state index in [9.17, 15) is 0 Å². The van der Waals surface area contributed by atoms with Crippen LogP contribution in [0.25, 0.3) is 0 Å². The minimum Gasteiger partial charge on any atom is -0.448 e. The first-order valence-electron chi connectivity index (χ1n) is 8.82. The highest BCUT2D eigenvalue weighted by atomic mass is 32.1. The van der Waals surface area contributed by atoms with Crippen molar-refractivity contribution in [3.8, 4) is 11.5 Å². The number of fused-ring (bicyclic) bond motifs is 1. The average Bonchev–Trinajstić information content (AvgIpc) is 3.14. The smallest absolute Gasteiger partial charge is 0.251 e. The molecule has 0 radical (unpaired) electrons. The van der Waals surface area contributed by atoms with Gasteiger partial charge in [0.2, 0.25) is 0 Å². The topological polar surface area (TPSA) is 42.5 Å². The summed E-state index contributed by atoms with van der Waals surface area (Å²) in [7, 11) is 0. The molecular weight excluding hydrogens is 308 g/mol. The van der Waals surface area contributed by atoms with Crippen molar-refractivity contribution >= 4 is 23.0 Å². The van der Waals surface area contributed by atoms with Gasteiger partial charge in [-0.1, -0.05) is 19.3 Å². The van der Waals surface area contributed by atoms with Crippen molar-refractivity contribution in [3.63, 3.8) is 0 Å². The van der Waals surface area contributed by atoms with Gasteiger partial charge in [-0.15, -0.1) is 0 Å². The van der Waals surface area contributed by atoms with Crippen molar-refractivity contribution in [2.24, 2.45) is 0 Å². The van der Waals surface area contributed by atoms with Crippen LogP contribution in [0.1, 0.15) is 57.8 Å². The first kappa shape index (κ1) is 15.1. The molecule has 2 fully saturated rings. The molecule has 0 amide bonds. The first-order chi connectivity index (χ1) is 11.2. The van der Waals surface area contributed by atoms with Gasteiger partial charge in [-0.3, -0.25) is 0 Å². The van der Waals surface area contributed by atoms with E-state index in [1.807, 2.05) is 18.2 Å². The zero-order chi connectivity index (χ0) is 15.7. The van der Waals surface area contributed by atoms with Crippen molar-refractivity contribution in [3.05, 3.63) is 18.2 Å². The van der Waals surface area contributed by atoms with E-state index in [0.717, 1.165) is 30.0 Å². The summed E-state index contributed by atoms with van der Waals surface area (Å²) < 4.78 is 12.1. The van der Waals surface area contributed by atoms with Gasteiger partial charge in [-0.05, 0) is 50.0 Å². The highest BCUT2D eigenvalue weighted by molar-refractivity contribution is 7.80. The summed E-state index contributed by atoms with van der Waals surface area (Å²) in [5, 5.41) is 7.41. The van der Waals surface area contributed by atoms with Gasteiger partial charge >= 0.3 is 0 Å². The summed E-state index contributed by atoms with van der Waals surface area (Å²) in [6.45, 7) is 0. The lowest BCUT2D eigenvalue weighted by Gasteiger charge is -2.24. The van der Waals surface area contributed by atoms with Crippen LogP contribution in [0.2, 0.25) is 0 Å². The second-order valence-electron chi connectivity index (χ2n) is 6.92. The van der Waals surface area contributed by atoms with Crippen molar-refractivity contribution < 1.29 is 9.47 Å². The average molecular weight is 332 g/mol. The number of hydrogen-bond acceptors (Lipinski definition) is 3. The lowest BCUT2D eigenvalue weighted by atomic mass is 9.96. The molecule has 0 atom stereocenters. The molecular formula is C18H24N2O2S. The molecule has 0 bridgehead atoms. The summed E-state index contributed by atoms with van der Waals surface area (Å²) >= 11 is 5.45. The Kier molecular flexibility index (Phi) is 4.05. The monoisotopic (exact) mass is 332 g/mol. The SMILES string of the molecule is S=C(Nc1ccc2c(c1)OC1(CCCC1)O2)NC1CCCCC1. The third-order valence-electron chi connectivity index (χ3n) is 5.10. The van der Waals surface area contributed by atoms with Gasteiger partial charge in [-0.25, -0.2) is 0 Å². The molecule has 124 valence electrons. The van der Waals surface area contributed by atoms with E-state index in [1.165, 1.54) is 44.9 Å². The van der Waals surface area contributed by atoms with Gasteiger partial charge in [0.25, 0.3) is 5.79 Å². The molecule has 0 saturated heterocycles. The van der Waals surface area contributed by atoms with Gasteiger partial charge in [0, 0.05) is 30.6 Å². The molecule has 0 unspecified atom stereocenters. The molecule has 1 heterocycles. The molecule has 2 aliphatic carbocycles. The number of anilines is 1. The van der Waals surface area contributed by atoms with Gasteiger partial charge in [-0.2, -0.15) is 0 Å². The Bertz CT molecular complexity index is 593. The molecule has 4 nitrogen and oxygen atoms in total. The second kappa shape index (κ2) is 6.19. The Labute approximate surface area is 142 Å². The van der Waals surface area contributed by atoms with Crippen LogP contribution in [0, 0.1) is 0 Å². The molecule has 1 aromatic rings. The minimum atomic E-state index is -0.401. The fraction of sp³-hybridized carbons (Fsp3) is 0.611. The third-order valence-corrected chi connectivity index (χ3v) is 5.32. The number of thiocarbonyl (C=S) groups is 1. The van der Waals surface area contributed by atoms with Crippen molar-refractivity contribution in [1.82, 2.24) is 5.32 Å². The number of nitrogens with one attached hydrogen (secondary N) is 2.